The first kappa shape index (κ1) is 27.1. The van der Waals surface area contributed by atoms with Gasteiger partial charge in [0, 0.05) is 48.7 Å². The minimum Gasteiger partial charge on any atom is -0.494 e. The van der Waals surface area contributed by atoms with Crippen molar-refractivity contribution in [2.24, 2.45) is 24.6 Å². The van der Waals surface area contributed by atoms with E-state index >= 15 is 0 Å². The van der Waals surface area contributed by atoms with E-state index in [0.717, 1.165) is 77.2 Å². The zero-order chi connectivity index (χ0) is 30.6. The summed E-state index contributed by atoms with van der Waals surface area (Å²) in [6.07, 6.45) is 5.64. The molecule has 3 aliphatic carbocycles. The highest BCUT2D eigenvalue weighted by Gasteiger charge is 2.47. The number of aryl methyl sites for hydroxylation is 1. The number of imidazole rings is 1. The number of methoxy groups -OCH3 is 1. The summed E-state index contributed by atoms with van der Waals surface area (Å²) in [4.78, 5) is 26.1. The fourth-order valence-electron chi connectivity index (χ4n) is 8.24. The largest absolute Gasteiger partial charge is 0.494 e. The van der Waals surface area contributed by atoms with Gasteiger partial charge in [0.2, 0.25) is 0 Å². The Morgan fingerprint density at radius 1 is 1.02 bits per heavy atom. The van der Waals surface area contributed by atoms with E-state index in [2.05, 4.69) is 45.5 Å². The van der Waals surface area contributed by atoms with Gasteiger partial charge >= 0.3 is 0 Å². The van der Waals surface area contributed by atoms with Gasteiger partial charge in [-0.15, -0.1) is 0 Å². The van der Waals surface area contributed by atoms with Crippen molar-refractivity contribution in [2.75, 3.05) is 13.7 Å². The van der Waals surface area contributed by atoms with E-state index in [9.17, 15) is 9.90 Å². The number of rotatable bonds is 6. The molecule has 4 atom stereocenters. The second kappa shape index (κ2) is 9.89. The van der Waals surface area contributed by atoms with E-state index < -0.39 is 0 Å². The number of carbonyl (C=O) groups excluding carboxylic acids is 1. The number of benzene rings is 2. The molecule has 1 aliphatic heterocycles. The number of aromatic nitrogens is 4. The Bertz CT molecular complexity index is 2020. The number of piperidine rings is 1. The molecule has 2 bridgehead atoms. The molecule has 5 aromatic rings. The molecule has 9 heteroatoms. The van der Waals surface area contributed by atoms with Crippen LogP contribution in [0.5, 0.6) is 5.75 Å². The predicted octanol–water partition coefficient (Wildman–Crippen LogP) is 4.70. The molecule has 2 aromatic carbocycles. The summed E-state index contributed by atoms with van der Waals surface area (Å²) in [5, 5.41) is 11.2. The van der Waals surface area contributed by atoms with Crippen LogP contribution in [0.4, 0.5) is 0 Å². The molecule has 9 rings (SSSR count). The van der Waals surface area contributed by atoms with Gasteiger partial charge < -0.3 is 29.6 Å². The van der Waals surface area contributed by atoms with Crippen LogP contribution in [-0.4, -0.2) is 66.9 Å². The zero-order valence-corrected chi connectivity index (χ0v) is 25.7. The lowest BCUT2D eigenvalue weighted by atomic mass is 10.0. The van der Waals surface area contributed by atoms with Crippen LogP contribution < -0.4 is 10.5 Å². The monoisotopic (exact) mass is 602 g/mol. The van der Waals surface area contributed by atoms with Crippen LogP contribution >= 0.6 is 0 Å². The minimum absolute atomic E-state index is 0.00527. The highest BCUT2D eigenvalue weighted by atomic mass is 16.5. The second-order valence-corrected chi connectivity index (χ2v) is 13.7. The Morgan fingerprint density at radius 2 is 1.87 bits per heavy atom. The lowest BCUT2D eigenvalue weighted by Gasteiger charge is -2.27. The number of nitrogens with two attached hydrogens (primary N) is 1. The Balaban J connectivity index is 1.14. The maximum absolute atomic E-state index is 13.7. The lowest BCUT2D eigenvalue weighted by Crippen LogP contribution is -2.41. The third-order valence-corrected chi connectivity index (χ3v) is 10.8. The van der Waals surface area contributed by atoms with E-state index in [-0.39, 0.29) is 24.1 Å². The van der Waals surface area contributed by atoms with E-state index in [1.54, 1.807) is 7.11 Å². The molecule has 3 aromatic heterocycles. The first-order valence-electron chi connectivity index (χ1n) is 16.3. The van der Waals surface area contributed by atoms with Gasteiger partial charge in [-0.3, -0.25) is 4.79 Å². The van der Waals surface area contributed by atoms with Crippen molar-refractivity contribution in [3.05, 3.63) is 65.2 Å². The first-order chi connectivity index (χ1) is 21.9. The standard InChI is InChI=1S/C36H38N6O3/c1-40-33-28(14-25(16-31(33)45-2)36(44)42-18-23-8-10-29(42)32(23)37)39-35(40)30-15-22-7-9-27(38-34(22)41(30)17-19-3-4-19)21-6-5-20-12-26(43)13-24(20)11-21/h5-7,9,11,14-16,19,23,26,29,32,43H,3-4,8,10,12-13,17-18,37H2,1-2H3/t23?,26?,29?,32-/m1/s1. The van der Waals surface area contributed by atoms with Crippen LogP contribution in [0.25, 0.3) is 44.8 Å². The molecule has 1 saturated heterocycles. The Morgan fingerprint density at radius 3 is 2.62 bits per heavy atom. The molecule has 9 nitrogen and oxygen atoms in total. The van der Waals surface area contributed by atoms with Crippen molar-refractivity contribution in [1.29, 1.82) is 0 Å². The Hall–Kier alpha value is -4.21. The molecule has 4 heterocycles. The average Bonchev–Trinajstić information content (AvgIpc) is 3.26. The van der Waals surface area contributed by atoms with Gasteiger partial charge in [-0.05, 0) is 97.9 Å². The number of amides is 1. The van der Waals surface area contributed by atoms with E-state index in [1.165, 1.54) is 24.0 Å². The fraction of sp³-hybridized carbons (Fsp3) is 0.417. The maximum atomic E-state index is 13.7. The highest BCUT2D eigenvalue weighted by molar-refractivity contribution is 6.00. The molecule has 1 amide bonds. The number of ether oxygens (including phenoxy) is 1. The molecule has 4 aliphatic rings. The molecular weight excluding hydrogens is 564 g/mol. The van der Waals surface area contributed by atoms with Crippen molar-refractivity contribution in [1.82, 2.24) is 24.0 Å². The third kappa shape index (κ3) is 4.24. The van der Waals surface area contributed by atoms with Gasteiger partial charge in [0.05, 0.1) is 30.1 Å². The molecule has 230 valence electrons. The number of likely N-dealkylation sites (tertiary alicyclic amines) is 1. The average molecular weight is 603 g/mol. The fourth-order valence-corrected chi connectivity index (χ4v) is 8.24. The Kier molecular flexibility index (Phi) is 5.96. The highest BCUT2D eigenvalue weighted by Crippen LogP contribution is 2.40. The zero-order valence-electron chi connectivity index (χ0n) is 25.7. The summed E-state index contributed by atoms with van der Waals surface area (Å²) < 4.78 is 10.3. The number of carbonyl (C=O) groups is 1. The summed E-state index contributed by atoms with van der Waals surface area (Å²) in [7, 11) is 3.67. The second-order valence-electron chi connectivity index (χ2n) is 13.7. The molecule has 0 spiro atoms. The molecule has 2 saturated carbocycles. The number of hydrogen-bond acceptors (Lipinski definition) is 6. The van der Waals surface area contributed by atoms with E-state index in [0.29, 0.717) is 29.6 Å². The summed E-state index contributed by atoms with van der Waals surface area (Å²) in [5.74, 6) is 2.48. The van der Waals surface area contributed by atoms with Gasteiger partial charge in [0.1, 0.15) is 16.9 Å². The van der Waals surface area contributed by atoms with Crippen LogP contribution in [-0.2, 0) is 26.4 Å². The van der Waals surface area contributed by atoms with Gasteiger partial charge in [0.25, 0.3) is 5.91 Å². The molecule has 3 unspecified atom stereocenters. The maximum Gasteiger partial charge on any atom is 0.254 e. The predicted molar refractivity (Wildman–Crippen MR) is 173 cm³/mol. The molecule has 3 fully saturated rings. The number of aliphatic hydroxyl groups excluding tert-OH is 1. The van der Waals surface area contributed by atoms with Gasteiger partial charge in [-0.2, -0.15) is 0 Å². The number of hydrogen-bond donors (Lipinski definition) is 2. The topological polar surface area (TPSA) is 111 Å². The number of fused-ring (bicyclic) bond motifs is 5. The van der Waals surface area contributed by atoms with Crippen molar-refractivity contribution < 1.29 is 14.6 Å². The van der Waals surface area contributed by atoms with Gasteiger partial charge in [0.15, 0.2) is 5.82 Å². The summed E-state index contributed by atoms with van der Waals surface area (Å²) in [6, 6.07) is 16.8. The SMILES string of the molecule is COc1cc(C(=O)N2CC3CCC2[C@@H]3N)cc2nc(-c3cc4ccc(-c5ccc6c(c5)CC(O)C6)nc4n3CC3CC3)n(C)c12. The summed E-state index contributed by atoms with van der Waals surface area (Å²) in [5.41, 5.74) is 15.0. The smallest absolute Gasteiger partial charge is 0.254 e. The van der Waals surface area contributed by atoms with Gasteiger partial charge in [-0.25, -0.2) is 9.97 Å². The van der Waals surface area contributed by atoms with Crippen molar-refractivity contribution in [3.63, 3.8) is 0 Å². The normalized spacial score (nSPS) is 23.9. The summed E-state index contributed by atoms with van der Waals surface area (Å²) >= 11 is 0. The molecule has 0 radical (unpaired) electrons. The number of nitrogens with zero attached hydrogens (tertiary/aromatic N) is 5. The molecular formula is C36H38N6O3. The third-order valence-electron chi connectivity index (χ3n) is 10.8. The van der Waals surface area contributed by atoms with Crippen LogP contribution in [0.3, 0.4) is 0 Å². The van der Waals surface area contributed by atoms with Crippen molar-refractivity contribution in [3.8, 4) is 28.5 Å². The van der Waals surface area contributed by atoms with Crippen LogP contribution in [0, 0.1) is 11.8 Å². The number of aliphatic hydroxyl groups is 1. The van der Waals surface area contributed by atoms with Crippen LogP contribution in [0.15, 0.2) is 48.5 Å². The van der Waals surface area contributed by atoms with E-state index in [1.807, 2.05) is 24.1 Å². The van der Waals surface area contributed by atoms with Gasteiger partial charge in [-0.1, -0.05) is 12.1 Å². The molecule has 45 heavy (non-hydrogen) atoms. The molecule has 3 N–H and O–H groups in total. The Labute approximate surface area is 261 Å². The van der Waals surface area contributed by atoms with Crippen LogP contribution in [0.1, 0.15) is 47.2 Å². The quantitative estimate of drug-likeness (QED) is 0.292. The van der Waals surface area contributed by atoms with E-state index in [4.69, 9.17) is 20.4 Å². The minimum atomic E-state index is -0.293. The van der Waals surface area contributed by atoms with Crippen LogP contribution in [0.2, 0.25) is 0 Å². The lowest BCUT2D eigenvalue weighted by molar-refractivity contribution is 0.0700. The van der Waals surface area contributed by atoms with Crippen molar-refractivity contribution >= 4 is 28.0 Å². The van der Waals surface area contributed by atoms with Crippen molar-refractivity contribution in [2.45, 2.75) is 63.3 Å². The first-order valence-corrected chi connectivity index (χ1v) is 16.3. The number of pyridine rings is 1. The summed E-state index contributed by atoms with van der Waals surface area (Å²) in [6.45, 7) is 1.61.